The van der Waals surface area contributed by atoms with Crippen molar-refractivity contribution < 1.29 is 13.9 Å². The molecule has 0 atom stereocenters. The normalized spacial score (nSPS) is 15.3. The van der Waals surface area contributed by atoms with E-state index in [9.17, 15) is 10.1 Å². The fourth-order valence-electron chi connectivity index (χ4n) is 3.17. The van der Waals surface area contributed by atoms with Crippen LogP contribution in [0.5, 0.6) is 0 Å². The minimum absolute atomic E-state index is 0.0507. The molecule has 0 N–H and O–H groups in total. The summed E-state index contributed by atoms with van der Waals surface area (Å²) in [4.78, 5) is 17.6. The highest BCUT2D eigenvalue weighted by Crippen LogP contribution is 2.35. The highest BCUT2D eigenvalue weighted by molar-refractivity contribution is 5.71. The molecule has 1 aliphatic rings. The van der Waals surface area contributed by atoms with Crippen LogP contribution in [-0.4, -0.2) is 28.2 Å². The third-order valence-corrected chi connectivity index (χ3v) is 4.71. The molecule has 4 rings (SSSR count). The highest BCUT2D eigenvalue weighted by Gasteiger charge is 2.25. The SMILES string of the molecule is CC1CCN(c2ccc(-c3nc(-c4ccco4)no3)cc2[N+](=O)[O-])CC1. The number of nitro groups is 1. The van der Waals surface area contributed by atoms with Gasteiger partial charge in [-0.15, -0.1) is 0 Å². The van der Waals surface area contributed by atoms with E-state index in [0.29, 0.717) is 28.8 Å². The first-order valence-corrected chi connectivity index (χ1v) is 8.53. The zero-order valence-corrected chi connectivity index (χ0v) is 14.3. The smallest absolute Gasteiger partial charge is 0.293 e. The molecule has 0 aliphatic carbocycles. The monoisotopic (exact) mass is 354 g/mol. The molecule has 0 saturated carbocycles. The lowest BCUT2D eigenvalue weighted by molar-refractivity contribution is -0.384. The van der Waals surface area contributed by atoms with E-state index in [1.54, 1.807) is 24.3 Å². The topological polar surface area (TPSA) is 98.4 Å². The maximum Gasteiger partial charge on any atom is 0.293 e. The first-order chi connectivity index (χ1) is 12.6. The van der Waals surface area contributed by atoms with Gasteiger partial charge in [-0.1, -0.05) is 12.1 Å². The van der Waals surface area contributed by atoms with Crippen LogP contribution in [0.15, 0.2) is 45.5 Å². The number of hydrogen-bond acceptors (Lipinski definition) is 7. The first-order valence-electron chi connectivity index (χ1n) is 8.53. The Hall–Kier alpha value is -3.16. The van der Waals surface area contributed by atoms with Crippen LogP contribution in [0.25, 0.3) is 23.0 Å². The summed E-state index contributed by atoms with van der Waals surface area (Å²) in [5, 5.41) is 15.5. The molecular weight excluding hydrogens is 336 g/mol. The van der Waals surface area contributed by atoms with Gasteiger partial charge in [0, 0.05) is 24.7 Å². The largest absolute Gasteiger partial charge is 0.461 e. The Labute approximate surface area is 149 Å². The third-order valence-electron chi connectivity index (χ3n) is 4.71. The van der Waals surface area contributed by atoms with E-state index in [1.807, 2.05) is 0 Å². The van der Waals surface area contributed by atoms with Gasteiger partial charge in [-0.25, -0.2) is 0 Å². The molecule has 26 heavy (non-hydrogen) atoms. The summed E-state index contributed by atoms with van der Waals surface area (Å²) in [6.07, 6.45) is 3.59. The maximum atomic E-state index is 11.6. The molecule has 0 amide bonds. The Balaban J connectivity index is 1.66. The first kappa shape index (κ1) is 16.3. The van der Waals surface area contributed by atoms with Gasteiger partial charge in [0.1, 0.15) is 5.69 Å². The predicted octanol–water partition coefficient (Wildman–Crippen LogP) is 4.14. The van der Waals surface area contributed by atoms with Crippen molar-refractivity contribution in [2.45, 2.75) is 19.8 Å². The lowest BCUT2D eigenvalue weighted by Gasteiger charge is -2.31. The van der Waals surface area contributed by atoms with Crippen LogP contribution in [0.4, 0.5) is 11.4 Å². The quantitative estimate of drug-likeness (QED) is 0.513. The summed E-state index contributed by atoms with van der Waals surface area (Å²) in [7, 11) is 0. The van der Waals surface area contributed by atoms with Crippen LogP contribution >= 0.6 is 0 Å². The van der Waals surface area contributed by atoms with Crippen LogP contribution in [0.3, 0.4) is 0 Å². The molecule has 134 valence electrons. The number of hydrogen-bond donors (Lipinski definition) is 0. The standard InChI is InChI=1S/C18H18N4O4/c1-12-6-8-21(9-7-12)14-5-4-13(11-15(14)22(23)24)18-19-17(20-26-18)16-3-2-10-25-16/h2-5,10-12H,6-9H2,1H3. The lowest BCUT2D eigenvalue weighted by Crippen LogP contribution is -2.33. The van der Waals surface area contributed by atoms with E-state index in [0.717, 1.165) is 25.9 Å². The minimum atomic E-state index is -0.360. The van der Waals surface area contributed by atoms with E-state index < -0.39 is 0 Å². The van der Waals surface area contributed by atoms with Crippen molar-refractivity contribution in [2.24, 2.45) is 5.92 Å². The van der Waals surface area contributed by atoms with Crippen LogP contribution in [0.1, 0.15) is 19.8 Å². The third kappa shape index (κ3) is 3.05. The van der Waals surface area contributed by atoms with Gasteiger partial charge in [0.15, 0.2) is 5.76 Å². The van der Waals surface area contributed by atoms with E-state index in [1.165, 1.54) is 12.3 Å². The summed E-state index contributed by atoms with van der Waals surface area (Å²) in [6.45, 7) is 3.86. The molecule has 1 aliphatic heterocycles. The van der Waals surface area contributed by atoms with E-state index in [2.05, 4.69) is 22.0 Å². The van der Waals surface area contributed by atoms with Gasteiger partial charge >= 0.3 is 0 Å². The van der Waals surface area contributed by atoms with Crippen LogP contribution < -0.4 is 4.90 Å². The predicted molar refractivity (Wildman–Crippen MR) is 94.7 cm³/mol. The average Bonchev–Trinajstić information content (AvgIpc) is 3.33. The molecule has 0 spiro atoms. The Morgan fingerprint density at radius 2 is 2.08 bits per heavy atom. The molecule has 1 fully saturated rings. The van der Waals surface area contributed by atoms with Gasteiger partial charge in [0.05, 0.1) is 11.2 Å². The number of aromatic nitrogens is 2. The van der Waals surface area contributed by atoms with Crippen molar-refractivity contribution in [1.29, 1.82) is 0 Å². The van der Waals surface area contributed by atoms with Gasteiger partial charge in [-0.3, -0.25) is 10.1 Å². The number of benzene rings is 1. The molecule has 8 heteroatoms. The minimum Gasteiger partial charge on any atom is -0.461 e. The van der Waals surface area contributed by atoms with Gasteiger partial charge in [0.2, 0.25) is 5.82 Å². The Bertz CT molecular complexity index is 911. The second-order valence-corrected chi connectivity index (χ2v) is 6.53. The van der Waals surface area contributed by atoms with Crippen molar-refractivity contribution in [1.82, 2.24) is 10.1 Å². The number of rotatable bonds is 4. The molecule has 2 aromatic heterocycles. The number of nitro benzene ring substituents is 1. The second-order valence-electron chi connectivity index (χ2n) is 6.53. The van der Waals surface area contributed by atoms with E-state index >= 15 is 0 Å². The summed E-state index contributed by atoms with van der Waals surface area (Å²) in [6, 6.07) is 8.48. The Morgan fingerprint density at radius 1 is 1.27 bits per heavy atom. The molecule has 0 bridgehead atoms. The Morgan fingerprint density at radius 3 is 2.77 bits per heavy atom. The number of nitrogens with zero attached hydrogens (tertiary/aromatic N) is 4. The summed E-state index contributed by atoms with van der Waals surface area (Å²) in [5.74, 6) is 1.66. The highest BCUT2D eigenvalue weighted by atomic mass is 16.6. The lowest BCUT2D eigenvalue weighted by atomic mass is 9.98. The van der Waals surface area contributed by atoms with Gasteiger partial charge in [-0.05, 0) is 43.0 Å². The summed E-state index contributed by atoms with van der Waals surface area (Å²) < 4.78 is 10.5. The average molecular weight is 354 g/mol. The maximum absolute atomic E-state index is 11.6. The van der Waals surface area contributed by atoms with Crippen molar-refractivity contribution in [3.8, 4) is 23.0 Å². The number of furan rings is 1. The van der Waals surface area contributed by atoms with E-state index in [-0.39, 0.29) is 16.5 Å². The zero-order chi connectivity index (χ0) is 18.1. The summed E-state index contributed by atoms with van der Waals surface area (Å²) in [5.41, 5.74) is 1.20. The van der Waals surface area contributed by atoms with Crippen molar-refractivity contribution in [3.05, 3.63) is 46.7 Å². The second kappa shape index (κ2) is 6.62. The molecule has 8 nitrogen and oxygen atoms in total. The zero-order valence-electron chi connectivity index (χ0n) is 14.3. The van der Waals surface area contributed by atoms with Gasteiger partial charge in [-0.2, -0.15) is 4.98 Å². The Kier molecular flexibility index (Phi) is 4.16. The fraction of sp³-hybridized carbons (Fsp3) is 0.333. The molecule has 1 aromatic carbocycles. The molecule has 0 unspecified atom stereocenters. The van der Waals surface area contributed by atoms with Crippen LogP contribution in [0.2, 0.25) is 0 Å². The number of anilines is 1. The van der Waals surface area contributed by atoms with Crippen molar-refractivity contribution in [2.75, 3.05) is 18.0 Å². The molecule has 3 aromatic rings. The molecular formula is C18H18N4O4. The van der Waals surface area contributed by atoms with Gasteiger partial charge in [0.25, 0.3) is 11.6 Å². The van der Waals surface area contributed by atoms with Crippen LogP contribution in [-0.2, 0) is 0 Å². The van der Waals surface area contributed by atoms with Gasteiger partial charge < -0.3 is 13.8 Å². The fourth-order valence-corrected chi connectivity index (χ4v) is 3.17. The van der Waals surface area contributed by atoms with Crippen molar-refractivity contribution in [3.63, 3.8) is 0 Å². The molecule has 1 saturated heterocycles. The number of piperidine rings is 1. The summed E-state index contributed by atoms with van der Waals surface area (Å²) >= 11 is 0. The van der Waals surface area contributed by atoms with Crippen molar-refractivity contribution >= 4 is 11.4 Å². The van der Waals surface area contributed by atoms with E-state index in [4.69, 9.17) is 8.94 Å². The van der Waals surface area contributed by atoms with Crippen LogP contribution in [0, 0.1) is 16.0 Å². The molecule has 3 heterocycles. The molecule has 0 radical (unpaired) electrons.